The molecule has 0 saturated heterocycles. The molecule has 0 aromatic heterocycles. The van der Waals surface area contributed by atoms with Crippen LogP contribution < -0.4 is 0 Å². The Morgan fingerprint density at radius 3 is 1.45 bits per heavy atom. The molecule has 3 nitrogen and oxygen atoms in total. The molecule has 0 aromatic carbocycles. The second kappa shape index (κ2) is 25.5. The number of hydrogen-bond acceptors (Lipinski definition) is 2. The highest BCUT2D eigenvalue weighted by molar-refractivity contribution is 5.83. The summed E-state index contributed by atoms with van der Waals surface area (Å²) in [5.41, 5.74) is 0.741. The minimum Gasteiger partial charge on any atom is -0.463 e. The van der Waals surface area contributed by atoms with Crippen molar-refractivity contribution >= 4 is 12.2 Å². The number of nitrogens with zero attached hydrogens (tertiary/aromatic N) is 2. The van der Waals surface area contributed by atoms with Crippen molar-refractivity contribution in [3.8, 4) is 0 Å². The minimum absolute atomic E-state index is 0.467. The third-order valence-electron chi connectivity index (χ3n) is 6.41. The molecule has 0 amide bonds. The van der Waals surface area contributed by atoms with E-state index in [1.54, 1.807) is 6.21 Å². The molecule has 0 spiro atoms. The van der Waals surface area contributed by atoms with Crippen molar-refractivity contribution in [2.45, 2.75) is 156 Å². The number of amidine groups is 1. The summed E-state index contributed by atoms with van der Waals surface area (Å²) in [5, 5.41) is 0. The Bertz CT molecular complexity index is 484. The Morgan fingerprint density at radius 1 is 0.697 bits per heavy atom. The zero-order valence-corrected chi connectivity index (χ0v) is 23.0. The van der Waals surface area contributed by atoms with Crippen LogP contribution in [0.2, 0.25) is 0 Å². The minimum atomic E-state index is 0.467. The molecule has 0 N–H and O–H groups in total. The van der Waals surface area contributed by atoms with Gasteiger partial charge in [-0.05, 0) is 32.6 Å². The molecule has 0 fully saturated rings. The Morgan fingerprint density at radius 2 is 1.09 bits per heavy atom. The van der Waals surface area contributed by atoms with E-state index < -0.39 is 0 Å². The summed E-state index contributed by atoms with van der Waals surface area (Å²) in [7, 11) is 0. The van der Waals surface area contributed by atoms with Gasteiger partial charge in [-0.2, -0.15) is 0 Å². The number of hydrogen-bond donors (Lipinski definition) is 0. The molecule has 0 bridgehead atoms. The van der Waals surface area contributed by atoms with E-state index in [9.17, 15) is 0 Å². The van der Waals surface area contributed by atoms with Gasteiger partial charge in [0, 0.05) is 11.9 Å². The third-order valence-corrected chi connectivity index (χ3v) is 6.41. The van der Waals surface area contributed by atoms with Gasteiger partial charge in [-0.1, -0.05) is 136 Å². The molecule has 0 aliphatic carbocycles. The van der Waals surface area contributed by atoms with Crippen LogP contribution >= 0.6 is 0 Å². The van der Waals surface area contributed by atoms with Crippen molar-refractivity contribution in [1.82, 2.24) is 0 Å². The summed E-state index contributed by atoms with van der Waals surface area (Å²) < 4.78 is 6.01. The van der Waals surface area contributed by atoms with E-state index in [0.29, 0.717) is 11.9 Å². The van der Waals surface area contributed by atoms with E-state index in [0.717, 1.165) is 12.3 Å². The summed E-state index contributed by atoms with van der Waals surface area (Å²) in [6.07, 6.45) is 29.2. The zero-order valence-electron chi connectivity index (χ0n) is 23.0. The first-order valence-corrected chi connectivity index (χ1v) is 14.5. The Labute approximate surface area is 208 Å². The summed E-state index contributed by atoms with van der Waals surface area (Å²) >= 11 is 0. The van der Waals surface area contributed by atoms with Crippen LogP contribution in [0, 0.1) is 5.92 Å². The molecule has 0 aliphatic rings. The van der Waals surface area contributed by atoms with Crippen LogP contribution in [0.15, 0.2) is 22.3 Å². The van der Waals surface area contributed by atoms with Crippen molar-refractivity contribution in [3.05, 3.63) is 12.3 Å². The van der Waals surface area contributed by atoms with Gasteiger partial charge in [0.05, 0.1) is 6.61 Å². The van der Waals surface area contributed by atoms with Crippen LogP contribution in [0.1, 0.15) is 156 Å². The van der Waals surface area contributed by atoms with Gasteiger partial charge >= 0.3 is 6.02 Å². The predicted octanol–water partition coefficient (Wildman–Crippen LogP) is 10.4. The second-order valence-corrected chi connectivity index (χ2v) is 9.93. The third kappa shape index (κ3) is 23.8. The van der Waals surface area contributed by atoms with Crippen molar-refractivity contribution in [2.75, 3.05) is 6.61 Å². The molecule has 194 valence electrons. The number of aliphatic imine (C=N–C) groups is 2. The summed E-state index contributed by atoms with van der Waals surface area (Å²) in [5.74, 6) is 0.613. The van der Waals surface area contributed by atoms with E-state index in [2.05, 4.69) is 30.4 Å². The molecule has 0 saturated carbocycles. The van der Waals surface area contributed by atoms with E-state index in [1.165, 1.54) is 128 Å². The Hall–Kier alpha value is -1.12. The lowest BCUT2D eigenvalue weighted by Crippen LogP contribution is -2.14. The van der Waals surface area contributed by atoms with Crippen LogP contribution in [0.4, 0.5) is 0 Å². The van der Waals surface area contributed by atoms with Crippen molar-refractivity contribution in [3.63, 3.8) is 0 Å². The first-order valence-electron chi connectivity index (χ1n) is 14.5. The maximum Gasteiger partial charge on any atom is 0.316 e. The van der Waals surface area contributed by atoms with Gasteiger partial charge in [-0.15, -0.1) is 0 Å². The molecule has 0 radical (unpaired) electrons. The molecule has 1 atom stereocenters. The lowest BCUT2D eigenvalue weighted by Gasteiger charge is -2.17. The van der Waals surface area contributed by atoms with Crippen molar-refractivity contribution in [1.29, 1.82) is 0 Å². The summed E-state index contributed by atoms with van der Waals surface area (Å²) in [4.78, 5) is 8.62. The summed E-state index contributed by atoms with van der Waals surface area (Å²) in [6, 6.07) is 0.467. The highest BCUT2D eigenvalue weighted by atomic mass is 16.5. The van der Waals surface area contributed by atoms with Crippen LogP contribution in [0.25, 0.3) is 0 Å². The van der Waals surface area contributed by atoms with Crippen molar-refractivity contribution in [2.24, 2.45) is 15.9 Å². The molecule has 0 aliphatic heterocycles. The monoisotopic (exact) mass is 462 g/mol. The normalized spacial score (nSPS) is 13.0. The van der Waals surface area contributed by atoms with Crippen LogP contribution in [0.5, 0.6) is 0 Å². The number of allylic oxidation sites excluding steroid dienone is 1. The summed E-state index contributed by atoms with van der Waals surface area (Å²) in [6.45, 7) is 13.0. The van der Waals surface area contributed by atoms with Crippen LogP contribution in [-0.2, 0) is 4.74 Å². The zero-order chi connectivity index (χ0) is 24.4. The van der Waals surface area contributed by atoms with E-state index >= 15 is 0 Å². The number of rotatable bonds is 23. The quantitative estimate of drug-likeness (QED) is 0.0844. The first kappa shape index (κ1) is 31.9. The Balaban J connectivity index is 4.22. The van der Waals surface area contributed by atoms with Crippen molar-refractivity contribution < 1.29 is 4.74 Å². The van der Waals surface area contributed by atoms with E-state index in [-0.39, 0.29) is 0 Å². The Kier molecular flexibility index (Phi) is 24.6. The molecule has 33 heavy (non-hydrogen) atoms. The standard InChI is InChI=1S/C30H58N2O/c1-6-9-11-13-15-17-18-20-22-24-26-29(25-23-21-19-16-14-12-10-7-2)27-33-30(31-8-3)32-28(4)5/h8,29H,4,6-7,9-27H2,1-3,5H3. The lowest BCUT2D eigenvalue weighted by atomic mass is 9.94. The topological polar surface area (TPSA) is 34.0 Å². The molecule has 0 aromatic rings. The van der Waals surface area contributed by atoms with E-state index in [4.69, 9.17) is 4.74 Å². The van der Waals surface area contributed by atoms with Gasteiger partial charge in [0.15, 0.2) is 0 Å². The van der Waals surface area contributed by atoms with Gasteiger partial charge < -0.3 is 4.74 Å². The SMILES string of the molecule is C=C(C)N=C(N=CC)OCC(CCCCCCCCCC)CCCCCCCCCCCC. The number of unbranched alkanes of at least 4 members (excludes halogenated alkanes) is 16. The highest BCUT2D eigenvalue weighted by Gasteiger charge is 2.11. The van der Waals surface area contributed by atoms with Gasteiger partial charge in [-0.25, -0.2) is 9.98 Å². The van der Waals surface area contributed by atoms with E-state index in [1.807, 2.05) is 13.8 Å². The maximum absolute atomic E-state index is 6.01. The predicted molar refractivity (Wildman–Crippen MR) is 150 cm³/mol. The lowest BCUT2D eigenvalue weighted by molar-refractivity contribution is 0.211. The molecular formula is C30H58N2O. The fraction of sp³-hybridized carbons (Fsp3) is 0.867. The largest absolute Gasteiger partial charge is 0.463 e. The highest BCUT2D eigenvalue weighted by Crippen LogP contribution is 2.20. The fourth-order valence-electron chi connectivity index (χ4n) is 4.36. The van der Waals surface area contributed by atoms with Gasteiger partial charge in [0.25, 0.3) is 0 Å². The smallest absolute Gasteiger partial charge is 0.316 e. The molecule has 3 heteroatoms. The average molecular weight is 463 g/mol. The fourth-order valence-corrected chi connectivity index (χ4v) is 4.36. The van der Waals surface area contributed by atoms with Gasteiger partial charge in [0.1, 0.15) is 0 Å². The second-order valence-electron chi connectivity index (χ2n) is 9.93. The van der Waals surface area contributed by atoms with Gasteiger partial charge in [-0.3, -0.25) is 0 Å². The molecule has 0 heterocycles. The van der Waals surface area contributed by atoms with Crippen LogP contribution in [-0.4, -0.2) is 18.8 Å². The van der Waals surface area contributed by atoms with Gasteiger partial charge in [0.2, 0.25) is 0 Å². The maximum atomic E-state index is 6.01. The first-order chi connectivity index (χ1) is 16.1. The molecule has 0 rings (SSSR count). The molecule has 1 unspecified atom stereocenters. The van der Waals surface area contributed by atoms with Crippen LogP contribution in [0.3, 0.4) is 0 Å². The molecular weight excluding hydrogens is 404 g/mol. The number of ether oxygens (including phenoxy) is 1. The average Bonchev–Trinajstić information content (AvgIpc) is 2.79.